The summed E-state index contributed by atoms with van der Waals surface area (Å²) in [7, 11) is 0. The van der Waals surface area contributed by atoms with Gasteiger partial charge < -0.3 is 0 Å². The van der Waals surface area contributed by atoms with Gasteiger partial charge in [-0.05, 0) is 15.9 Å². The number of aromatic nitrogens is 3. The summed E-state index contributed by atoms with van der Waals surface area (Å²) in [5.41, 5.74) is 0. The van der Waals surface area contributed by atoms with E-state index < -0.39 is 0 Å². The summed E-state index contributed by atoms with van der Waals surface area (Å²) in [6.45, 7) is 0. The van der Waals surface area contributed by atoms with Gasteiger partial charge in [0.1, 0.15) is 12.7 Å². The van der Waals surface area contributed by atoms with Crippen molar-refractivity contribution >= 4 is 15.9 Å². The van der Waals surface area contributed by atoms with Crippen LogP contribution in [0.3, 0.4) is 0 Å². The SMILES string of the molecule is Brc1ncncn1. The van der Waals surface area contributed by atoms with E-state index in [-0.39, 0.29) is 0 Å². The molecular weight excluding hydrogens is 158 g/mol. The molecule has 0 saturated carbocycles. The zero-order chi connectivity index (χ0) is 5.11. The van der Waals surface area contributed by atoms with Crippen molar-refractivity contribution in [2.45, 2.75) is 0 Å². The van der Waals surface area contributed by atoms with Gasteiger partial charge in [-0.15, -0.1) is 0 Å². The molecule has 1 aromatic heterocycles. The second-order valence-corrected chi connectivity index (χ2v) is 1.62. The molecule has 0 spiro atoms. The van der Waals surface area contributed by atoms with E-state index in [4.69, 9.17) is 0 Å². The van der Waals surface area contributed by atoms with E-state index in [1.54, 1.807) is 0 Å². The van der Waals surface area contributed by atoms with Gasteiger partial charge in [0.2, 0.25) is 0 Å². The normalized spacial score (nSPS) is 8.71. The summed E-state index contributed by atoms with van der Waals surface area (Å²) in [6.07, 6.45) is 2.86. The van der Waals surface area contributed by atoms with E-state index in [1.807, 2.05) is 0 Å². The van der Waals surface area contributed by atoms with Gasteiger partial charge in [-0.1, -0.05) is 0 Å². The molecule has 36 valence electrons. The van der Waals surface area contributed by atoms with Crippen LogP contribution in [0.4, 0.5) is 0 Å². The van der Waals surface area contributed by atoms with Crippen molar-refractivity contribution in [3.05, 3.63) is 17.4 Å². The molecule has 0 saturated heterocycles. The summed E-state index contributed by atoms with van der Waals surface area (Å²) in [5.74, 6) is 0. The quantitative estimate of drug-likeness (QED) is 0.558. The van der Waals surface area contributed by atoms with Gasteiger partial charge in [-0.25, -0.2) is 15.0 Å². The first kappa shape index (κ1) is 4.64. The largest absolute Gasteiger partial charge is 0.225 e. The van der Waals surface area contributed by atoms with E-state index in [1.165, 1.54) is 12.7 Å². The van der Waals surface area contributed by atoms with E-state index in [2.05, 4.69) is 30.9 Å². The Morgan fingerprint density at radius 2 is 1.86 bits per heavy atom. The van der Waals surface area contributed by atoms with Gasteiger partial charge in [-0.2, -0.15) is 0 Å². The second-order valence-electron chi connectivity index (χ2n) is 0.907. The maximum atomic E-state index is 3.67. The highest BCUT2D eigenvalue weighted by Gasteiger charge is 1.78. The molecule has 1 rings (SSSR count). The highest BCUT2D eigenvalue weighted by molar-refractivity contribution is 9.10. The highest BCUT2D eigenvalue weighted by atomic mass is 79.9. The van der Waals surface area contributed by atoms with Crippen LogP contribution in [-0.2, 0) is 0 Å². The minimum absolute atomic E-state index is 0.572. The predicted octanol–water partition coefficient (Wildman–Crippen LogP) is 0.634. The van der Waals surface area contributed by atoms with Gasteiger partial charge in [0.05, 0.1) is 0 Å². The smallest absolute Gasteiger partial charge is 0.199 e. The van der Waals surface area contributed by atoms with Crippen LogP contribution in [-0.4, -0.2) is 15.0 Å². The van der Waals surface area contributed by atoms with Crippen molar-refractivity contribution in [2.24, 2.45) is 0 Å². The molecule has 1 heterocycles. The Bertz CT molecular complexity index is 140. The Hall–Kier alpha value is -0.510. The first-order valence-corrected chi connectivity index (χ1v) is 2.46. The molecule has 0 amide bonds. The lowest BCUT2D eigenvalue weighted by Gasteiger charge is -1.78. The summed E-state index contributed by atoms with van der Waals surface area (Å²) >= 11 is 3.05. The molecule has 0 N–H and O–H groups in total. The topological polar surface area (TPSA) is 38.7 Å². The molecule has 0 atom stereocenters. The number of halogens is 1. The molecule has 1 aromatic rings. The fourth-order valence-corrected chi connectivity index (χ4v) is 0.408. The molecule has 4 heteroatoms. The third kappa shape index (κ3) is 1.19. The standard InChI is InChI=1S/C3H2BrN3/c4-3-6-1-5-2-7-3/h1-2H. The Morgan fingerprint density at radius 3 is 2.14 bits per heavy atom. The fourth-order valence-electron chi connectivity index (χ4n) is 0.225. The zero-order valence-corrected chi connectivity index (χ0v) is 4.96. The van der Waals surface area contributed by atoms with Crippen molar-refractivity contribution in [1.29, 1.82) is 0 Å². The Labute approximate surface area is 49.0 Å². The lowest BCUT2D eigenvalue weighted by molar-refractivity contribution is 1.01. The summed E-state index contributed by atoms with van der Waals surface area (Å²) in [5, 5.41) is 0. The molecule has 0 unspecified atom stereocenters. The molecular formula is C3H2BrN3. The lowest BCUT2D eigenvalue weighted by Crippen LogP contribution is -1.79. The molecule has 0 aliphatic heterocycles. The van der Waals surface area contributed by atoms with E-state index in [9.17, 15) is 0 Å². The van der Waals surface area contributed by atoms with Crippen molar-refractivity contribution in [2.75, 3.05) is 0 Å². The average molecular weight is 160 g/mol. The van der Waals surface area contributed by atoms with Gasteiger partial charge in [-0.3, -0.25) is 0 Å². The number of rotatable bonds is 0. The maximum absolute atomic E-state index is 3.67. The zero-order valence-electron chi connectivity index (χ0n) is 3.37. The van der Waals surface area contributed by atoms with Crippen molar-refractivity contribution in [3.8, 4) is 0 Å². The Balaban J connectivity index is 3.02. The predicted molar refractivity (Wildman–Crippen MR) is 27.5 cm³/mol. The Kier molecular flexibility index (Phi) is 1.31. The van der Waals surface area contributed by atoms with Crippen LogP contribution in [0.25, 0.3) is 0 Å². The van der Waals surface area contributed by atoms with Gasteiger partial charge in [0.15, 0.2) is 4.73 Å². The molecule has 0 fully saturated rings. The molecule has 3 nitrogen and oxygen atoms in total. The molecule has 0 radical (unpaired) electrons. The van der Waals surface area contributed by atoms with Crippen LogP contribution in [0.1, 0.15) is 0 Å². The second kappa shape index (κ2) is 1.97. The third-order valence-corrected chi connectivity index (χ3v) is 0.871. The minimum Gasteiger partial charge on any atom is -0.225 e. The number of nitrogens with zero attached hydrogens (tertiary/aromatic N) is 3. The van der Waals surface area contributed by atoms with Crippen LogP contribution in [0.5, 0.6) is 0 Å². The van der Waals surface area contributed by atoms with Crippen molar-refractivity contribution in [3.63, 3.8) is 0 Å². The van der Waals surface area contributed by atoms with Crippen molar-refractivity contribution in [1.82, 2.24) is 15.0 Å². The van der Waals surface area contributed by atoms with Gasteiger partial charge in [0, 0.05) is 0 Å². The number of hydrogen-bond acceptors (Lipinski definition) is 3. The molecule has 7 heavy (non-hydrogen) atoms. The first-order chi connectivity index (χ1) is 3.39. The van der Waals surface area contributed by atoms with Crippen LogP contribution in [0.2, 0.25) is 0 Å². The van der Waals surface area contributed by atoms with E-state index in [0.29, 0.717) is 4.73 Å². The summed E-state index contributed by atoms with van der Waals surface area (Å²) in [6, 6.07) is 0. The van der Waals surface area contributed by atoms with E-state index in [0.717, 1.165) is 0 Å². The Morgan fingerprint density at radius 1 is 1.29 bits per heavy atom. The summed E-state index contributed by atoms with van der Waals surface area (Å²) in [4.78, 5) is 10.9. The van der Waals surface area contributed by atoms with Gasteiger partial charge in [0.25, 0.3) is 0 Å². The lowest BCUT2D eigenvalue weighted by atomic mass is 11.1. The van der Waals surface area contributed by atoms with Crippen LogP contribution in [0.15, 0.2) is 17.4 Å². The first-order valence-electron chi connectivity index (χ1n) is 1.67. The third-order valence-electron chi connectivity index (χ3n) is 0.462. The van der Waals surface area contributed by atoms with E-state index >= 15 is 0 Å². The highest BCUT2D eigenvalue weighted by Crippen LogP contribution is 1.92. The molecule has 0 aromatic carbocycles. The number of hydrogen-bond donors (Lipinski definition) is 0. The monoisotopic (exact) mass is 159 g/mol. The average Bonchev–Trinajstić information content (AvgIpc) is 1.69. The molecule has 0 aliphatic rings. The molecule has 0 bridgehead atoms. The molecule has 0 aliphatic carbocycles. The fraction of sp³-hybridized carbons (Fsp3) is 0. The van der Waals surface area contributed by atoms with Crippen LogP contribution < -0.4 is 0 Å². The van der Waals surface area contributed by atoms with Crippen LogP contribution in [0, 0.1) is 0 Å². The van der Waals surface area contributed by atoms with Gasteiger partial charge >= 0.3 is 0 Å². The van der Waals surface area contributed by atoms with Crippen molar-refractivity contribution < 1.29 is 0 Å². The van der Waals surface area contributed by atoms with Crippen LogP contribution >= 0.6 is 15.9 Å². The summed E-state index contributed by atoms with van der Waals surface area (Å²) < 4.78 is 0.572. The minimum atomic E-state index is 0.572. The maximum Gasteiger partial charge on any atom is 0.199 e.